The molecule has 0 aromatic heterocycles. The molecule has 0 aromatic rings. The van der Waals surface area contributed by atoms with E-state index in [1.165, 1.54) is 0 Å². The van der Waals surface area contributed by atoms with Gasteiger partial charge in [-0.2, -0.15) is 8.78 Å². The Hall–Kier alpha value is -0.190. The van der Waals surface area contributed by atoms with Crippen LogP contribution in [0.15, 0.2) is 0 Å². The number of rotatable bonds is 2. The van der Waals surface area contributed by atoms with E-state index in [0.717, 1.165) is 25.7 Å². The first-order valence-electron chi connectivity index (χ1n) is 4.34. The molecule has 1 amide bonds. The maximum atomic E-state index is 11.9. The molecule has 2 atom stereocenters. The number of carbonyl (C=O) groups is 1. The topological polar surface area (TPSA) is 29.1 Å². The zero-order valence-corrected chi connectivity index (χ0v) is 8.69. The number of alkyl halides is 3. The summed E-state index contributed by atoms with van der Waals surface area (Å²) in [6, 6.07) is -0.129. The lowest BCUT2D eigenvalue weighted by Gasteiger charge is -2.27. The van der Waals surface area contributed by atoms with Gasteiger partial charge >= 0.3 is 6.43 Å². The Kier molecular flexibility index (Phi) is 4.09. The average Bonchev–Trinajstić information content (AvgIpc) is 2.08. The van der Waals surface area contributed by atoms with Crippen LogP contribution in [0.2, 0.25) is 0 Å². The molecule has 0 spiro atoms. The molecule has 0 radical (unpaired) electrons. The van der Waals surface area contributed by atoms with Gasteiger partial charge in [0.05, 0.1) is 0 Å². The quantitative estimate of drug-likeness (QED) is 0.753. The Bertz CT molecular complexity index is 189. The van der Waals surface area contributed by atoms with Crippen LogP contribution in [0.3, 0.4) is 0 Å². The molecule has 5 heteroatoms. The Morgan fingerprint density at radius 2 is 2.00 bits per heavy atom. The van der Waals surface area contributed by atoms with E-state index in [4.69, 9.17) is 0 Å². The van der Waals surface area contributed by atoms with Crippen LogP contribution in [0.25, 0.3) is 0 Å². The Labute approximate surface area is 84.2 Å². The summed E-state index contributed by atoms with van der Waals surface area (Å²) in [5, 5.41) is 2.33. The van der Waals surface area contributed by atoms with Gasteiger partial charge in [-0.05, 0) is 12.8 Å². The Balaban J connectivity index is 2.38. The summed E-state index contributed by atoms with van der Waals surface area (Å²) in [6.45, 7) is 0. The van der Waals surface area contributed by atoms with Gasteiger partial charge in [-0.3, -0.25) is 4.79 Å². The summed E-state index contributed by atoms with van der Waals surface area (Å²) in [5.74, 6) is -1.16. The van der Waals surface area contributed by atoms with Crippen molar-refractivity contribution < 1.29 is 13.6 Å². The third kappa shape index (κ3) is 3.21. The lowest BCUT2D eigenvalue weighted by atomic mass is 9.95. The predicted octanol–water partition coefficient (Wildman–Crippen LogP) is 2.07. The molecule has 0 aliphatic heterocycles. The normalized spacial score (nSPS) is 28.9. The molecule has 1 saturated carbocycles. The molecule has 13 heavy (non-hydrogen) atoms. The highest BCUT2D eigenvalue weighted by Gasteiger charge is 2.26. The van der Waals surface area contributed by atoms with Gasteiger partial charge in [0.1, 0.15) is 0 Å². The maximum Gasteiger partial charge on any atom is 0.315 e. The monoisotopic (exact) mass is 255 g/mol. The molecular formula is C8H12BrF2NO. The van der Waals surface area contributed by atoms with Crippen molar-refractivity contribution in [3.05, 3.63) is 0 Å². The van der Waals surface area contributed by atoms with Gasteiger partial charge < -0.3 is 5.32 Å². The maximum absolute atomic E-state index is 11.9. The van der Waals surface area contributed by atoms with Gasteiger partial charge in [0.2, 0.25) is 0 Å². The summed E-state index contributed by atoms with van der Waals surface area (Å²) in [6.07, 6.45) is 0.914. The molecule has 1 aliphatic carbocycles. The van der Waals surface area contributed by atoms with Crippen molar-refractivity contribution in [3.63, 3.8) is 0 Å². The van der Waals surface area contributed by atoms with E-state index in [0.29, 0.717) is 0 Å². The van der Waals surface area contributed by atoms with Gasteiger partial charge in [0.25, 0.3) is 5.91 Å². The van der Waals surface area contributed by atoms with E-state index in [2.05, 4.69) is 21.2 Å². The summed E-state index contributed by atoms with van der Waals surface area (Å²) >= 11 is 3.37. The molecular weight excluding hydrogens is 244 g/mol. The Morgan fingerprint density at radius 3 is 2.54 bits per heavy atom. The van der Waals surface area contributed by atoms with Crippen LogP contribution in [0.5, 0.6) is 0 Å². The molecule has 1 rings (SSSR count). The highest BCUT2D eigenvalue weighted by molar-refractivity contribution is 9.09. The lowest BCUT2D eigenvalue weighted by molar-refractivity contribution is -0.132. The van der Waals surface area contributed by atoms with Crippen molar-refractivity contribution in [2.75, 3.05) is 0 Å². The fourth-order valence-electron chi connectivity index (χ4n) is 1.49. The first-order chi connectivity index (χ1) is 6.11. The second-order valence-electron chi connectivity index (χ2n) is 3.22. The molecule has 1 fully saturated rings. The van der Waals surface area contributed by atoms with Gasteiger partial charge in [-0.1, -0.05) is 28.8 Å². The van der Waals surface area contributed by atoms with Crippen LogP contribution in [0.1, 0.15) is 25.7 Å². The van der Waals surface area contributed by atoms with Crippen LogP contribution in [-0.2, 0) is 4.79 Å². The predicted molar refractivity (Wildman–Crippen MR) is 49.1 cm³/mol. The highest BCUT2D eigenvalue weighted by Crippen LogP contribution is 2.24. The molecule has 76 valence electrons. The van der Waals surface area contributed by atoms with Gasteiger partial charge in [-0.25, -0.2) is 0 Å². The third-order valence-corrected chi connectivity index (χ3v) is 3.30. The van der Waals surface area contributed by atoms with E-state index in [1.54, 1.807) is 0 Å². The summed E-state index contributed by atoms with van der Waals surface area (Å²) in [5.41, 5.74) is 0. The zero-order chi connectivity index (χ0) is 9.84. The second kappa shape index (κ2) is 4.88. The zero-order valence-electron chi connectivity index (χ0n) is 7.10. The van der Waals surface area contributed by atoms with Crippen molar-refractivity contribution >= 4 is 21.8 Å². The molecule has 2 nitrogen and oxygen atoms in total. The molecule has 0 aromatic carbocycles. The summed E-state index contributed by atoms with van der Waals surface area (Å²) < 4.78 is 23.8. The van der Waals surface area contributed by atoms with Crippen LogP contribution < -0.4 is 5.32 Å². The molecule has 0 saturated heterocycles. The van der Waals surface area contributed by atoms with Gasteiger partial charge in [-0.15, -0.1) is 0 Å². The number of halogens is 3. The largest absolute Gasteiger partial charge is 0.347 e. The van der Waals surface area contributed by atoms with Crippen molar-refractivity contribution in [2.45, 2.75) is 43.0 Å². The van der Waals surface area contributed by atoms with Crippen LogP contribution in [0.4, 0.5) is 8.78 Å². The minimum Gasteiger partial charge on any atom is -0.347 e. The van der Waals surface area contributed by atoms with Crippen LogP contribution in [-0.4, -0.2) is 23.2 Å². The first kappa shape index (κ1) is 10.9. The van der Waals surface area contributed by atoms with Gasteiger partial charge in [0, 0.05) is 10.9 Å². The van der Waals surface area contributed by atoms with E-state index < -0.39 is 12.3 Å². The van der Waals surface area contributed by atoms with E-state index in [9.17, 15) is 13.6 Å². The van der Waals surface area contributed by atoms with E-state index in [1.807, 2.05) is 0 Å². The molecule has 1 aliphatic rings. The molecule has 2 unspecified atom stereocenters. The average molecular weight is 256 g/mol. The van der Waals surface area contributed by atoms with Gasteiger partial charge in [0.15, 0.2) is 0 Å². The molecule has 1 N–H and O–H groups in total. The summed E-state index contributed by atoms with van der Waals surface area (Å²) in [4.78, 5) is 10.8. The fraction of sp³-hybridized carbons (Fsp3) is 0.875. The minimum absolute atomic E-state index is 0.129. The standard InChI is InChI=1S/C8H12BrF2NO/c9-5-3-1-2-4-6(5)12-8(13)7(10)11/h5-7H,1-4H2,(H,12,13). The van der Waals surface area contributed by atoms with E-state index in [-0.39, 0.29) is 10.9 Å². The van der Waals surface area contributed by atoms with Crippen LogP contribution >= 0.6 is 15.9 Å². The number of nitrogens with one attached hydrogen (secondary N) is 1. The van der Waals surface area contributed by atoms with Crippen LogP contribution in [0, 0.1) is 0 Å². The molecule has 0 bridgehead atoms. The number of amides is 1. The SMILES string of the molecule is O=C(NC1CCCCC1Br)C(F)F. The number of carbonyl (C=O) groups excluding carboxylic acids is 1. The fourth-order valence-corrected chi connectivity index (χ4v) is 2.21. The van der Waals surface area contributed by atoms with Crippen molar-refractivity contribution in [1.82, 2.24) is 5.32 Å². The first-order valence-corrected chi connectivity index (χ1v) is 5.25. The number of hydrogen-bond acceptors (Lipinski definition) is 1. The van der Waals surface area contributed by atoms with Crippen molar-refractivity contribution in [3.8, 4) is 0 Å². The molecule has 0 heterocycles. The van der Waals surface area contributed by atoms with E-state index >= 15 is 0 Å². The third-order valence-electron chi connectivity index (χ3n) is 2.21. The minimum atomic E-state index is -2.90. The van der Waals surface area contributed by atoms with Crippen molar-refractivity contribution in [2.24, 2.45) is 0 Å². The smallest absolute Gasteiger partial charge is 0.315 e. The van der Waals surface area contributed by atoms with Crippen molar-refractivity contribution in [1.29, 1.82) is 0 Å². The second-order valence-corrected chi connectivity index (χ2v) is 4.39. The Morgan fingerprint density at radius 1 is 1.38 bits per heavy atom. The lowest BCUT2D eigenvalue weighted by Crippen LogP contribution is -2.44. The number of hydrogen-bond donors (Lipinski definition) is 1. The summed E-state index contributed by atoms with van der Waals surface area (Å²) in [7, 11) is 0. The highest BCUT2D eigenvalue weighted by atomic mass is 79.9.